The number of H-pyrrole nitrogens is 1. The zero-order chi connectivity index (χ0) is 17.1. The maximum atomic E-state index is 12.1. The van der Waals surface area contributed by atoms with E-state index in [1.165, 1.54) is 28.7 Å². The lowest BCUT2D eigenvalue weighted by Gasteiger charge is -2.06. The van der Waals surface area contributed by atoms with E-state index in [9.17, 15) is 9.59 Å². The van der Waals surface area contributed by atoms with Gasteiger partial charge in [-0.2, -0.15) is 0 Å². The number of thiophene rings is 1. The molecule has 0 bridgehead atoms. The first kappa shape index (κ1) is 16.7. The molecular weight excluding hydrogens is 342 g/mol. The smallest absolute Gasteiger partial charge is 0.260 e. The number of carbonyl (C=O) groups is 1. The number of hydrogen-bond donors (Lipinski definition) is 2. The number of fused-ring (bicyclic) bond motifs is 1. The normalized spacial score (nSPS) is 10.9. The van der Waals surface area contributed by atoms with Crippen LogP contribution >= 0.6 is 23.1 Å². The minimum atomic E-state index is -0.156. The van der Waals surface area contributed by atoms with Crippen molar-refractivity contribution in [2.45, 2.75) is 25.4 Å². The minimum Gasteiger partial charge on any atom is -0.325 e. The van der Waals surface area contributed by atoms with Crippen molar-refractivity contribution in [1.82, 2.24) is 9.97 Å². The Morgan fingerprint density at radius 2 is 2.08 bits per heavy atom. The summed E-state index contributed by atoms with van der Waals surface area (Å²) in [7, 11) is 0. The molecule has 24 heavy (non-hydrogen) atoms. The quantitative estimate of drug-likeness (QED) is 0.539. The summed E-state index contributed by atoms with van der Waals surface area (Å²) in [5, 5.41) is 5.85. The summed E-state index contributed by atoms with van der Waals surface area (Å²) in [6, 6.07) is 7.77. The highest BCUT2D eigenvalue weighted by molar-refractivity contribution is 7.99. The van der Waals surface area contributed by atoms with Crippen LogP contribution < -0.4 is 10.9 Å². The number of anilines is 1. The Bertz CT molecular complexity index is 929. The van der Waals surface area contributed by atoms with Gasteiger partial charge >= 0.3 is 0 Å². The number of aromatic nitrogens is 2. The third-order valence-corrected chi connectivity index (χ3v) is 5.46. The van der Waals surface area contributed by atoms with Crippen LogP contribution in [0.4, 0.5) is 5.69 Å². The zero-order valence-electron chi connectivity index (χ0n) is 13.4. The Kier molecular flexibility index (Phi) is 5.01. The first-order chi connectivity index (χ1) is 11.6. The van der Waals surface area contributed by atoms with Gasteiger partial charge in [-0.1, -0.05) is 30.8 Å². The molecule has 124 valence electrons. The molecule has 2 aromatic heterocycles. The summed E-state index contributed by atoms with van der Waals surface area (Å²) in [4.78, 5) is 32.0. The van der Waals surface area contributed by atoms with Crippen molar-refractivity contribution in [3.05, 3.63) is 51.1 Å². The van der Waals surface area contributed by atoms with E-state index in [2.05, 4.69) is 22.2 Å². The van der Waals surface area contributed by atoms with Crippen LogP contribution in [0.25, 0.3) is 10.2 Å². The maximum absolute atomic E-state index is 12.1. The Labute approximate surface area is 147 Å². The van der Waals surface area contributed by atoms with Gasteiger partial charge < -0.3 is 10.3 Å². The molecule has 0 radical (unpaired) electrons. The summed E-state index contributed by atoms with van der Waals surface area (Å²) in [6.45, 7) is 3.98. The predicted octanol–water partition coefficient (Wildman–Crippen LogP) is 3.59. The molecule has 7 heteroatoms. The molecule has 0 aliphatic carbocycles. The molecule has 0 aliphatic heterocycles. The van der Waals surface area contributed by atoms with Crippen LogP contribution in [0.5, 0.6) is 0 Å². The second kappa shape index (κ2) is 7.19. The Balaban J connectivity index is 1.64. The molecule has 0 saturated carbocycles. The van der Waals surface area contributed by atoms with Crippen molar-refractivity contribution in [3.63, 3.8) is 0 Å². The molecule has 0 atom stereocenters. The molecular formula is C17H17N3O2S2. The molecule has 0 fully saturated rings. The Hall–Kier alpha value is -2.12. The van der Waals surface area contributed by atoms with E-state index < -0.39 is 0 Å². The van der Waals surface area contributed by atoms with Crippen molar-refractivity contribution in [2.24, 2.45) is 0 Å². The van der Waals surface area contributed by atoms with Crippen molar-refractivity contribution in [1.29, 1.82) is 0 Å². The second-order valence-corrected chi connectivity index (χ2v) is 7.18. The van der Waals surface area contributed by atoms with Gasteiger partial charge in [0, 0.05) is 5.69 Å². The molecule has 0 spiro atoms. The van der Waals surface area contributed by atoms with Gasteiger partial charge in [-0.25, -0.2) is 4.98 Å². The topological polar surface area (TPSA) is 74.8 Å². The van der Waals surface area contributed by atoms with Gasteiger partial charge in [0.25, 0.3) is 5.56 Å². The molecule has 0 aliphatic rings. The summed E-state index contributed by atoms with van der Waals surface area (Å²) < 4.78 is 0. The number of carbonyl (C=O) groups excluding carboxylic acids is 1. The van der Waals surface area contributed by atoms with E-state index >= 15 is 0 Å². The fourth-order valence-corrected chi connectivity index (χ4v) is 3.93. The fraction of sp³-hybridized carbons (Fsp3) is 0.235. The van der Waals surface area contributed by atoms with Crippen LogP contribution in [0.15, 0.2) is 39.6 Å². The molecule has 2 heterocycles. The molecule has 1 amide bonds. The van der Waals surface area contributed by atoms with E-state index in [1.54, 1.807) is 0 Å². The average molecular weight is 359 g/mol. The van der Waals surface area contributed by atoms with Crippen molar-refractivity contribution in [3.8, 4) is 0 Å². The van der Waals surface area contributed by atoms with Gasteiger partial charge in [0.2, 0.25) is 5.91 Å². The standard InChI is InChI=1S/C17H17N3O2S2/c1-3-11-4-6-12(7-5-11)18-13(21)9-24-17-19-15(22)14-10(2)8-23-16(14)20-17/h4-8H,3,9H2,1-2H3,(H,18,21)(H,19,20,22). The molecule has 5 nitrogen and oxygen atoms in total. The number of nitrogens with one attached hydrogen (secondary N) is 2. The van der Waals surface area contributed by atoms with E-state index in [1.807, 2.05) is 36.6 Å². The van der Waals surface area contributed by atoms with Crippen LogP contribution in [0.2, 0.25) is 0 Å². The number of nitrogens with zero attached hydrogens (tertiary/aromatic N) is 1. The number of aryl methyl sites for hydroxylation is 2. The minimum absolute atomic E-state index is 0.130. The highest BCUT2D eigenvalue weighted by Crippen LogP contribution is 2.22. The van der Waals surface area contributed by atoms with Crippen molar-refractivity contribution in [2.75, 3.05) is 11.1 Å². The Morgan fingerprint density at radius 3 is 2.79 bits per heavy atom. The van der Waals surface area contributed by atoms with Crippen molar-refractivity contribution < 1.29 is 4.79 Å². The third kappa shape index (κ3) is 3.68. The lowest BCUT2D eigenvalue weighted by atomic mass is 10.1. The SMILES string of the molecule is CCc1ccc(NC(=O)CSc2nc3scc(C)c3c(=O)[nH]2)cc1. The monoisotopic (exact) mass is 359 g/mol. The predicted molar refractivity (Wildman–Crippen MR) is 100 cm³/mol. The molecule has 0 saturated heterocycles. The third-order valence-electron chi connectivity index (χ3n) is 3.59. The summed E-state index contributed by atoms with van der Waals surface area (Å²) in [5.74, 6) is 0.0586. The van der Waals surface area contributed by atoms with E-state index in [0.717, 1.165) is 17.7 Å². The Morgan fingerprint density at radius 1 is 1.33 bits per heavy atom. The van der Waals surface area contributed by atoms with E-state index in [0.29, 0.717) is 15.4 Å². The van der Waals surface area contributed by atoms with Crippen LogP contribution in [0.1, 0.15) is 18.1 Å². The van der Waals surface area contributed by atoms with E-state index in [4.69, 9.17) is 0 Å². The van der Waals surface area contributed by atoms with Gasteiger partial charge in [0.05, 0.1) is 11.1 Å². The number of aromatic amines is 1. The number of hydrogen-bond acceptors (Lipinski definition) is 5. The van der Waals surface area contributed by atoms with Gasteiger partial charge in [-0.15, -0.1) is 11.3 Å². The van der Waals surface area contributed by atoms with Crippen LogP contribution in [-0.4, -0.2) is 21.6 Å². The van der Waals surface area contributed by atoms with E-state index in [-0.39, 0.29) is 17.2 Å². The highest BCUT2D eigenvalue weighted by atomic mass is 32.2. The summed E-state index contributed by atoms with van der Waals surface area (Å²) >= 11 is 2.66. The first-order valence-corrected chi connectivity index (χ1v) is 9.43. The first-order valence-electron chi connectivity index (χ1n) is 7.56. The number of rotatable bonds is 5. The highest BCUT2D eigenvalue weighted by Gasteiger charge is 2.10. The van der Waals surface area contributed by atoms with Gasteiger partial charge in [-0.3, -0.25) is 9.59 Å². The maximum Gasteiger partial charge on any atom is 0.260 e. The second-order valence-electron chi connectivity index (χ2n) is 5.36. The van der Waals surface area contributed by atoms with Crippen LogP contribution in [0, 0.1) is 6.92 Å². The number of amides is 1. The molecule has 1 aromatic carbocycles. The van der Waals surface area contributed by atoms with Crippen molar-refractivity contribution >= 4 is 44.9 Å². The number of benzene rings is 1. The van der Waals surface area contributed by atoms with Crippen LogP contribution in [-0.2, 0) is 11.2 Å². The molecule has 0 unspecified atom stereocenters. The zero-order valence-corrected chi connectivity index (χ0v) is 15.0. The van der Waals surface area contributed by atoms with Gasteiger partial charge in [-0.05, 0) is 42.0 Å². The van der Waals surface area contributed by atoms with Gasteiger partial charge in [0.15, 0.2) is 5.16 Å². The molecule has 3 rings (SSSR count). The van der Waals surface area contributed by atoms with Crippen LogP contribution in [0.3, 0.4) is 0 Å². The number of thioether (sulfide) groups is 1. The lowest BCUT2D eigenvalue weighted by Crippen LogP contribution is -2.15. The largest absolute Gasteiger partial charge is 0.325 e. The lowest BCUT2D eigenvalue weighted by molar-refractivity contribution is -0.113. The molecule has 2 N–H and O–H groups in total. The average Bonchev–Trinajstić information content (AvgIpc) is 2.95. The fourth-order valence-electron chi connectivity index (χ4n) is 2.29. The molecule has 3 aromatic rings. The summed E-state index contributed by atoms with van der Waals surface area (Å²) in [6.07, 6.45) is 0.966. The van der Waals surface area contributed by atoms with Gasteiger partial charge in [0.1, 0.15) is 4.83 Å². The summed E-state index contributed by atoms with van der Waals surface area (Å²) in [5.41, 5.74) is 2.76.